The molecule has 2 aliphatic rings. The van der Waals surface area contributed by atoms with Crippen molar-refractivity contribution in [3.63, 3.8) is 0 Å². The van der Waals surface area contributed by atoms with Crippen LogP contribution in [-0.2, 0) is 12.7 Å². The predicted molar refractivity (Wildman–Crippen MR) is 108 cm³/mol. The van der Waals surface area contributed by atoms with Gasteiger partial charge in [0.25, 0.3) is 5.56 Å². The van der Waals surface area contributed by atoms with Gasteiger partial charge in [0.05, 0.1) is 17.8 Å². The fourth-order valence-corrected chi connectivity index (χ4v) is 4.28. The first-order chi connectivity index (χ1) is 15.4. The van der Waals surface area contributed by atoms with Gasteiger partial charge in [-0.2, -0.15) is 23.3 Å². The number of aromatic nitrogens is 5. The number of hydrogen-bond acceptors (Lipinski definition) is 6. The Morgan fingerprint density at radius 1 is 1.09 bits per heavy atom. The Bertz CT molecular complexity index is 1180. The number of halogens is 3. The highest BCUT2D eigenvalue weighted by atomic mass is 19.4. The molecule has 32 heavy (non-hydrogen) atoms. The number of nitrogens with zero attached hydrogens (tertiary/aromatic N) is 5. The van der Waals surface area contributed by atoms with Gasteiger partial charge in [0, 0.05) is 17.7 Å². The van der Waals surface area contributed by atoms with Gasteiger partial charge in [-0.15, -0.1) is 0 Å². The van der Waals surface area contributed by atoms with Gasteiger partial charge in [-0.05, 0) is 49.8 Å². The first-order valence-corrected chi connectivity index (χ1v) is 10.9. The van der Waals surface area contributed by atoms with Crippen molar-refractivity contribution < 1.29 is 17.7 Å². The normalized spacial score (nSPS) is 17.6. The molecule has 2 fully saturated rings. The Morgan fingerprint density at radius 2 is 1.88 bits per heavy atom. The minimum absolute atomic E-state index is 0.0323. The third-order valence-corrected chi connectivity index (χ3v) is 6.14. The van der Waals surface area contributed by atoms with Crippen LogP contribution in [0.1, 0.15) is 79.5 Å². The van der Waals surface area contributed by atoms with Gasteiger partial charge in [0.2, 0.25) is 11.7 Å². The minimum atomic E-state index is -4.58. The Hall–Kier alpha value is -3.04. The third kappa shape index (κ3) is 4.18. The summed E-state index contributed by atoms with van der Waals surface area (Å²) in [6, 6.07) is 3.87. The summed E-state index contributed by atoms with van der Waals surface area (Å²) >= 11 is 0. The molecule has 0 N–H and O–H groups in total. The number of pyridine rings is 1. The molecule has 7 nitrogen and oxygen atoms in total. The molecule has 0 unspecified atom stereocenters. The predicted octanol–water partition coefficient (Wildman–Crippen LogP) is 4.68. The van der Waals surface area contributed by atoms with Crippen LogP contribution in [0.15, 0.2) is 33.7 Å². The van der Waals surface area contributed by atoms with Gasteiger partial charge >= 0.3 is 6.18 Å². The van der Waals surface area contributed by atoms with Crippen molar-refractivity contribution in [2.24, 2.45) is 0 Å². The summed E-state index contributed by atoms with van der Waals surface area (Å²) in [5.74, 6) is 1.06. The summed E-state index contributed by atoms with van der Waals surface area (Å²) in [6.45, 7) is -0.393. The quantitative estimate of drug-likeness (QED) is 0.567. The first-order valence-electron chi connectivity index (χ1n) is 10.9. The zero-order chi connectivity index (χ0) is 22.3. The van der Waals surface area contributed by atoms with Crippen LogP contribution in [0, 0.1) is 0 Å². The molecule has 0 bridgehead atoms. The van der Waals surface area contributed by atoms with E-state index in [1.54, 1.807) is 6.07 Å². The molecule has 5 rings (SSSR count). The van der Waals surface area contributed by atoms with Gasteiger partial charge in [0.15, 0.2) is 0 Å². The lowest BCUT2D eigenvalue weighted by Crippen LogP contribution is -2.30. The summed E-state index contributed by atoms with van der Waals surface area (Å²) in [5, 5.41) is 8.33. The van der Waals surface area contributed by atoms with Crippen molar-refractivity contribution in [1.29, 1.82) is 0 Å². The molecule has 10 heteroatoms. The van der Waals surface area contributed by atoms with E-state index >= 15 is 0 Å². The van der Waals surface area contributed by atoms with Crippen molar-refractivity contribution in [2.75, 3.05) is 0 Å². The largest absolute Gasteiger partial charge is 0.418 e. The standard InChI is InChI=1S/C22H22F3N5O2/c23-22(24,25)16-7-4-10-26-18(16)12-30-21(31)15(13-5-2-1-3-6-13)11-17(28-30)19-27-20(32-29-19)14-8-9-14/h4,7,10-11,13-14H,1-3,5-6,8-9,12H2. The maximum Gasteiger partial charge on any atom is 0.418 e. The first kappa shape index (κ1) is 20.8. The SMILES string of the molecule is O=c1c(C2CCCCC2)cc(-c2noc(C3CC3)n2)nn1Cc1ncccc1C(F)(F)F. The van der Waals surface area contributed by atoms with E-state index in [1.807, 2.05) is 0 Å². The second-order valence-corrected chi connectivity index (χ2v) is 8.51. The van der Waals surface area contributed by atoms with Gasteiger partial charge in [-0.25, -0.2) is 4.68 Å². The van der Waals surface area contributed by atoms with Crippen LogP contribution in [0.3, 0.4) is 0 Å². The highest BCUT2D eigenvalue weighted by Gasteiger charge is 2.34. The fourth-order valence-electron chi connectivity index (χ4n) is 4.28. The molecular formula is C22H22F3N5O2. The van der Waals surface area contributed by atoms with E-state index in [-0.39, 0.29) is 23.4 Å². The zero-order valence-electron chi connectivity index (χ0n) is 17.3. The van der Waals surface area contributed by atoms with E-state index in [0.717, 1.165) is 55.7 Å². The smallest absolute Gasteiger partial charge is 0.339 e. The van der Waals surface area contributed by atoms with Crippen LogP contribution >= 0.6 is 0 Å². The summed E-state index contributed by atoms with van der Waals surface area (Å²) in [6.07, 6.45) is 3.52. The number of hydrogen-bond donors (Lipinski definition) is 0. The zero-order valence-corrected chi connectivity index (χ0v) is 17.3. The van der Waals surface area contributed by atoms with Crippen molar-refractivity contribution in [2.45, 2.75) is 69.5 Å². The summed E-state index contributed by atoms with van der Waals surface area (Å²) in [5.41, 5.74) is -0.672. The maximum absolute atomic E-state index is 13.5. The van der Waals surface area contributed by atoms with E-state index in [1.165, 1.54) is 12.3 Å². The molecule has 0 atom stereocenters. The van der Waals surface area contributed by atoms with Crippen molar-refractivity contribution in [3.05, 3.63) is 57.5 Å². The van der Waals surface area contributed by atoms with E-state index in [9.17, 15) is 18.0 Å². The molecule has 0 aliphatic heterocycles. The topological polar surface area (TPSA) is 86.7 Å². The van der Waals surface area contributed by atoms with Crippen LogP contribution in [0.4, 0.5) is 13.2 Å². The second-order valence-electron chi connectivity index (χ2n) is 8.51. The van der Waals surface area contributed by atoms with Crippen LogP contribution in [0.5, 0.6) is 0 Å². The molecule has 2 saturated carbocycles. The molecule has 0 radical (unpaired) electrons. The molecular weight excluding hydrogens is 423 g/mol. The Balaban J connectivity index is 1.59. The van der Waals surface area contributed by atoms with E-state index in [4.69, 9.17) is 4.52 Å². The summed E-state index contributed by atoms with van der Waals surface area (Å²) in [4.78, 5) is 21.6. The Labute approximate surface area is 181 Å². The van der Waals surface area contributed by atoms with Gasteiger partial charge in [-0.1, -0.05) is 24.4 Å². The lowest BCUT2D eigenvalue weighted by atomic mass is 9.84. The second kappa shape index (κ2) is 8.14. The van der Waals surface area contributed by atoms with Crippen molar-refractivity contribution >= 4 is 0 Å². The van der Waals surface area contributed by atoms with Gasteiger partial charge in [-0.3, -0.25) is 9.78 Å². The lowest BCUT2D eigenvalue weighted by Gasteiger charge is -2.22. The highest BCUT2D eigenvalue weighted by molar-refractivity contribution is 5.49. The van der Waals surface area contributed by atoms with Crippen LogP contribution < -0.4 is 5.56 Å². The van der Waals surface area contributed by atoms with E-state index in [0.29, 0.717) is 17.1 Å². The summed E-state index contributed by atoms with van der Waals surface area (Å²) in [7, 11) is 0. The summed E-state index contributed by atoms with van der Waals surface area (Å²) < 4.78 is 46.8. The van der Waals surface area contributed by atoms with Crippen LogP contribution in [-0.4, -0.2) is 24.9 Å². The van der Waals surface area contributed by atoms with Crippen molar-refractivity contribution in [3.8, 4) is 11.5 Å². The van der Waals surface area contributed by atoms with E-state index < -0.39 is 23.8 Å². The lowest BCUT2D eigenvalue weighted by molar-refractivity contribution is -0.138. The fraction of sp³-hybridized carbons (Fsp3) is 0.500. The average molecular weight is 445 g/mol. The molecule has 2 aliphatic carbocycles. The number of rotatable bonds is 5. The molecule has 0 amide bonds. The molecule has 0 saturated heterocycles. The monoisotopic (exact) mass is 445 g/mol. The average Bonchev–Trinajstić information content (AvgIpc) is 3.52. The number of alkyl halides is 3. The highest BCUT2D eigenvalue weighted by Crippen LogP contribution is 2.39. The minimum Gasteiger partial charge on any atom is -0.339 e. The van der Waals surface area contributed by atoms with Crippen molar-refractivity contribution in [1.82, 2.24) is 24.9 Å². The molecule has 0 aromatic carbocycles. The molecule has 3 heterocycles. The van der Waals surface area contributed by atoms with Gasteiger partial charge < -0.3 is 4.52 Å². The Morgan fingerprint density at radius 3 is 2.59 bits per heavy atom. The van der Waals surface area contributed by atoms with Crippen LogP contribution in [0.2, 0.25) is 0 Å². The molecule has 3 aromatic rings. The molecule has 168 valence electrons. The van der Waals surface area contributed by atoms with Gasteiger partial charge in [0.1, 0.15) is 5.69 Å². The van der Waals surface area contributed by atoms with E-state index in [2.05, 4.69) is 20.2 Å². The molecule has 0 spiro atoms. The third-order valence-electron chi connectivity index (χ3n) is 6.14. The Kier molecular flexibility index (Phi) is 5.30. The maximum atomic E-state index is 13.5. The molecule has 3 aromatic heterocycles. The van der Waals surface area contributed by atoms with Crippen LogP contribution in [0.25, 0.3) is 11.5 Å².